The van der Waals surface area contributed by atoms with Crippen molar-refractivity contribution in [2.24, 2.45) is 0 Å². The third-order valence-corrected chi connectivity index (χ3v) is 5.81. The van der Waals surface area contributed by atoms with Gasteiger partial charge in [-0.1, -0.05) is 6.92 Å². The fourth-order valence-corrected chi connectivity index (χ4v) is 4.34. The Hall–Kier alpha value is -1.40. The van der Waals surface area contributed by atoms with E-state index < -0.39 is 11.9 Å². The summed E-state index contributed by atoms with van der Waals surface area (Å²) in [5, 5.41) is 13.3. The van der Waals surface area contributed by atoms with E-state index in [-0.39, 0.29) is 0 Å². The van der Waals surface area contributed by atoms with Crippen LogP contribution in [0.2, 0.25) is 0 Å². The highest BCUT2D eigenvalue weighted by molar-refractivity contribution is 7.15. The van der Waals surface area contributed by atoms with E-state index in [0.717, 1.165) is 35.1 Å². The number of carboxylic acids is 1. The highest BCUT2D eigenvalue weighted by atomic mass is 32.1. The highest BCUT2D eigenvalue weighted by Gasteiger charge is 2.32. The number of carbonyl (C=O) groups is 1. The Kier molecular flexibility index (Phi) is 3.76. The van der Waals surface area contributed by atoms with E-state index in [2.05, 4.69) is 29.4 Å². The zero-order valence-electron chi connectivity index (χ0n) is 11.2. The number of hydrogen-bond acceptors (Lipinski definition) is 5. The Labute approximate surface area is 125 Å². The molecule has 3 rings (SSSR count). The van der Waals surface area contributed by atoms with E-state index in [1.807, 2.05) is 11.3 Å². The third-order valence-electron chi connectivity index (χ3n) is 3.50. The van der Waals surface area contributed by atoms with Gasteiger partial charge in [-0.05, 0) is 31.4 Å². The van der Waals surface area contributed by atoms with Crippen LogP contribution in [-0.2, 0) is 24.2 Å². The molecule has 0 saturated carbocycles. The first kappa shape index (κ1) is 13.6. The molecule has 1 unspecified atom stereocenters. The molecule has 106 valence electrons. The topological polar surface area (TPSA) is 62.2 Å². The number of nitrogens with zero attached hydrogens (tertiary/aromatic N) is 1. The maximum absolute atomic E-state index is 11.1. The van der Waals surface area contributed by atoms with Gasteiger partial charge in [0.25, 0.3) is 0 Å². The third kappa shape index (κ3) is 2.58. The fourth-order valence-electron chi connectivity index (χ4n) is 2.41. The minimum Gasteiger partial charge on any atom is -0.481 e. The minimum atomic E-state index is -0.758. The van der Waals surface area contributed by atoms with Crippen molar-refractivity contribution in [1.82, 2.24) is 4.98 Å². The fraction of sp³-hybridized carbons (Fsp3) is 0.429. The molecule has 2 N–H and O–H groups in total. The van der Waals surface area contributed by atoms with Crippen molar-refractivity contribution in [3.05, 3.63) is 32.5 Å². The van der Waals surface area contributed by atoms with Gasteiger partial charge in [0, 0.05) is 14.6 Å². The Morgan fingerprint density at radius 1 is 1.45 bits per heavy atom. The molecule has 2 heterocycles. The summed E-state index contributed by atoms with van der Waals surface area (Å²) in [6.07, 6.45) is 2.59. The number of fused-ring (bicyclic) bond motifs is 1. The van der Waals surface area contributed by atoms with Crippen molar-refractivity contribution in [3.8, 4) is 0 Å². The van der Waals surface area contributed by atoms with Crippen LogP contribution in [0.25, 0.3) is 0 Å². The number of nitrogens with one attached hydrogen (secondary N) is 1. The summed E-state index contributed by atoms with van der Waals surface area (Å²) in [6, 6.07) is 4.29. The molecule has 0 fully saturated rings. The summed E-state index contributed by atoms with van der Waals surface area (Å²) in [7, 11) is 0. The standard InChI is InChI=1S/C14H16N2O2S2/c1-2-8-3-4-9(19-8)7-15-14-16-12-10(13(17)18)5-6-11(12)20-14/h3-4,10H,2,5-7H2,1H3,(H,15,16)(H,17,18). The van der Waals surface area contributed by atoms with E-state index in [1.54, 1.807) is 11.3 Å². The first-order valence-corrected chi connectivity index (χ1v) is 8.34. The van der Waals surface area contributed by atoms with E-state index in [4.69, 9.17) is 5.11 Å². The number of carboxylic acid groups (broad SMARTS) is 1. The number of aromatic nitrogens is 1. The largest absolute Gasteiger partial charge is 0.481 e. The van der Waals surface area contributed by atoms with E-state index in [1.165, 1.54) is 9.75 Å². The molecule has 2 aromatic heterocycles. The van der Waals surface area contributed by atoms with Crippen molar-refractivity contribution in [1.29, 1.82) is 0 Å². The smallest absolute Gasteiger partial charge is 0.312 e. The zero-order chi connectivity index (χ0) is 14.1. The van der Waals surface area contributed by atoms with Gasteiger partial charge in [0.2, 0.25) is 0 Å². The lowest BCUT2D eigenvalue weighted by Gasteiger charge is -2.02. The van der Waals surface area contributed by atoms with E-state index >= 15 is 0 Å². The number of hydrogen-bond donors (Lipinski definition) is 2. The normalized spacial score (nSPS) is 17.1. The number of aryl methyl sites for hydroxylation is 2. The summed E-state index contributed by atoms with van der Waals surface area (Å²) in [6.45, 7) is 2.91. The molecule has 1 aliphatic carbocycles. The number of thiazole rings is 1. The van der Waals surface area contributed by atoms with Crippen LogP contribution in [0.4, 0.5) is 5.13 Å². The second-order valence-electron chi connectivity index (χ2n) is 4.83. The van der Waals surface area contributed by atoms with E-state index in [9.17, 15) is 4.79 Å². The molecule has 0 saturated heterocycles. The number of rotatable bonds is 5. The predicted octanol–water partition coefficient (Wildman–Crippen LogP) is 3.49. The lowest BCUT2D eigenvalue weighted by Crippen LogP contribution is -2.08. The molecule has 0 radical (unpaired) electrons. The van der Waals surface area contributed by atoms with Crippen LogP contribution in [0, 0.1) is 0 Å². The van der Waals surface area contributed by atoms with Crippen molar-refractivity contribution >= 4 is 33.8 Å². The predicted molar refractivity (Wildman–Crippen MR) is 81.8 cm³/mol. The summed E-state index contributed by atoms with van der Waals surface area (Å²) >= 11 is 3.40. The first-order valence-electron chi connectivity index (χ1n) is 6.71. The second-order valence-corrected chi connectivity index (χ2v) is 7.17. The highest BCUT2D eigenvalue weighted by Crippen LogP contribution is 2.38. The van der Waals surface area contributed by atoms with Gasteiger partial charge in [0.1, 0.15) is 5.92 Å². The molecule has 6 heteroatoms. The number of aliphatic carboxylic acids is 1. The summed E-state index contributed by atoms with van der Waals surface area (Å²) in [4.78, 5) is 19.4. The summed E-state index contributed by atoms with van der Waals surface area (Å²) < 4.78 is 0. The van der Waals surface area contributed by atoms with Gasteiger partial charge < -0.3 is 10.4 Å². The first-order chi connectivity index (χ1) is 9.67. The Balaban J connectivity index is 1.67. The minimum absolute atomic E-state index is 0.412. The van der Waals surface area contributed by atoms with Gasteiger partial charge in [-0.3, -0.25) is 4.79 Å². The molecule has 0 aliphatic heterocycles. The average Bonchev–Trinajstić information content (AvgIpc) is 3.10. The molecular weight excluding hydrogens is 292 g/mol. The SMILES string of the molecule is CCc1ccc(CNc2nc3c(s2)CCC3C(=O)O)s1. The zero-order valence-corrected chi connectivity index (χ0v) is 12.8. The molecule has 2 aromatic rings. The Morgan fingerprint density at radius 2 is 2.25 bits per heavy atom. The molecule has 0 amide bonds. The van der Waals surface area contributed by atoms with Crippen molar-refractivity contribution in [2.75, 3.05) is 5.32 Å². The van der Waals surface area contributed by atoms with Gasteiger partial charge in [0.15, 0.2) is 5.13 Å². The molecule has 0 aromatic carbocycles. The molecule has 1 atom stereocenters. The lowest BCUT2D eigenvalue weighted by molar-refractivity contribution is -0.138. The maximum atomic E-state index is 11.1. The van der Waals surface area contributed by atoms with E-state index in [0.29, 0.717) is 6.42 Å². The van der Waals surface area contributed by atoms with Crippen LogP contribution in [0.1, 0.15) is 39.6 Å². The molecule has 20 heavy (non-hydrogen) atoms. The number of thiophene rings is 1. The maximum Gasteiger partial charge on any atom is 0.312 e. The van der Waals surface area contributed by atoms with Crippen molar-refractivity contribution < 1.29 is 9.90 Å². The monoisotopic (exact) mass is 308 g/mol. The van der Waals surface area contributed by atoms with Crippen molar-refractivity contribution in [2.45, 2.75) is 38.6 Å². The molecule has 0 spiro atoms. The van der Waals surface area contributed by atoms with Crippen LogP contribution in [0.5, 0.6) is 0 Å². The molecule has 1 aliphatic rings. The second kappa shape index (κ2) is 5.54. The number of anilines is 1. The Bertz CT molecular complexity index is 633. The van der Waals surface area contributed by atoms with Crippen LogP contribution >= 0.6 is 22.7 Å². The van der Waals surface area contributed by atoms with Crippen LogP contribution < -0.4 is 5.32 Å². The lowest BCUT2D eigenvalue weighted by atomic mass is 10.1. The van der Waals surface area contributed by atoms with Crippen LogP contribution in [0.3, 0.4) is 0 Å². The average molecular weight is 308 g/mol. The van der Waals surface area contributed by atoms with Gasteiger partial charge >= 0.3 is 5.97 Å². The van der Waals surface area contributed by atoms with Crippen molar-refractivity contribution in [3.63, 3.8) is 0 Å². The van der Waals surface area contributed by atoms with Crippen LogP contribution in [-0.4, -0.2) is 16.1 Å². The quantitative estimate of drug-likeness (QED) is 0.887. The summed E-state index contributed by atoms with van der Waals surface area (Å²) in [5.74, 6) is -1.17. The van der Waals surface area contributed by atoms with Gasteiger partial charge in [0.05, 0.1) is 12.2 Å². The summed E-state index contributed by atoms with van der Waals surface area (Å²) in [5.41, 5.74) is 0.769. The van der Waals surface area contributed by atoms with Gasteiger partial charge in [-0.25, -0.2) is 4.98 Å². The van der Waals surface area contributed by atoms with Crippen LogP contribution in [0.15, 0.2) is 12.1 Å². The van der Waals surface area contributed by atoms with Gasteiger partial charge in [-0.2, -0.15) is 0 Å². The molecular formula is C14H16N2O2S2. The molecule has 0 bridgehead atoms. The van der Waals surface area contributed by atoms with Gasteiger partial charge in [-0.15, -0.1) is 22.7 Å². The Morgan fingerprint density at radius 3 is 2.95 bits per heavy atom. The molecule has 4 nitrogen and oxygen atoms in total.